The van der Waals surface area contributed by atoms with Crippen molar-refractivity contribution in [3.63, 3.8) is 0 Å². The van der Waals surface area contributed by atoms with Crippen LogP contribution in [0.3, 0.4) is 0 Å². The van der Waals surface area contributed by atoms with E-state index in [0.29, 0.717) is 17.5 Å². The summed E-state index contributed by atoms with van der Waals surface area (Å²) in [6, 6.07) is 4.41. The molecule has 2 N–H and O–H groups in total. The molecule has 1 aromatic rings. The topological polar surface area (TPSA) is 58.2 Å². The van der Waals surface area contributed by atoms with E-state index in [9.17, 15) is 8.42 Å². The van der Waals surface area contributed by atoms with Gasteiger partial charge in [0, 0.05) is 11.6 Å². The Morgan fingerprint density at radius 3 is 2.84 bits per heavy atom. The van der Waals surface area contributed by atoms with E-state index in [2.05, 4.69) is 10.0 Å². The van der Waals surface area contributed by atoms with Crippen LogP contribution >= 0.6 is 23.2 Å². The Kier molecular flexibility index (Phi) is 5.09. The van der Waals surface area contributed by atoms with Crippen LogP contribution in [0.1, 0.15) is 12.8 Å². The smallest absolute Gasteiger partial charge is 0.242 e. The minimum atomic E-state index is -3.59. The summed E-state index contributed by atoms with van der Waals surface area (Å²) in [5.41, 5.74) is 0. The third-order valence-electron chi connectivity index (χ3n) is 3.19. The lowest BCUT2D eigenvalue weighted by Gasteiger charge is -2.11. The van der Waals surface area contributed by atoms with Crippen LogP contribution in [0, 0.1) is 5.92 Å². The van der Waals surface area contributed by atoms with Gasteiger partial charge in [0.15, 0.2) is 0 Å². The number of hydrogen-bond acceptors (Lipinski definition) is 3. The molecule has 19 heavy (non-hydrogen) atoms. The Balaban J connectivity index is 1.99. The Hall–Kier alpha value is -0.330. The number of halogens is 2. The Morgan fingerprint density at radius 1 is 1.37 bits per heavy atom. The average Bonchev–Trinajstić information content (AvgIpc) is 2.85. The Bertz CT molecular complexity index is 543. The molecule has 0 spiro atoms. The van der Waals surface area contributed by atoms with Gasteiger partial charge in [-0.05, 0) is 50.0 Å². The molecule has 1 aliphatic heterocycles. The second kappa shape index (κ2) is 6.41. The summed E-state index contributed by atoms with van der Waals surface area (Å²) in [7, 11) is -3.59. The van der Waals surface area contributed by atoms with Crippen molar-refractivity contribution in [3.8, 4) is 0 Å². The molecule has 2 rings (SSSR count). The first-order valence-electron chi connectivity index (χ1n) is 6.14. The monoisotopic (exact) mass is 322 g/mol. The maximum atomic E-state index is 12.1. The van der Waals surface area contributed by atoms with Gasteiger partial charge in [-0.1, -0.05) is 23.2 Å². The molecule has 1 saturated heterocycles. The van der Waals surface area contributed by atoms with E-state index in [4.69, 9.17) is 23.2 Å². The zero-order valence-electron chi connectivity index (χ0n) is 10.3. The SMILES string of the molecule is O=S(=O)(NCC[C@H]1CCNC1)c1cc(Cl)ccc1Cl. The second-order valence-electron chi connectivity index (χ2n) is 4.62. The minimum Gasteiger partial charge on any atom is -0.316 e. The highest BCUT2D eigenvalue weighted by atomic mass is 35.5. The lowest BCUT2D eigenvalue weighted by Crippen LogP contribution is -2.27. The van der Waals surface area contributed by atoms with Gasteiger partial charge in [-0.25, -0.2) is 13.1 Å². The lowest BCUT2D eigenvalue weighted by molar-refractivity contribution is 0.519. The molecule has 106 valence electrons. The van der Waals surface area contributed by atoms with Crippen LogP contribution in [0.25, 0.3) is 0 Å². The van der Waals surface area contributed by atoms with Gasteiger partial charge in [0.1, 0.15) is 4.90 Å². The average molecular weight is 323 g/mol. The quantitative estimate of drug-likeness (QED) is 0.874. The highest BCUT2D eigenvalue weighted by molar-refractivity contribution is 7.89. The van der Waals surface area contributed by atoms with Gasteiger partial charge in [-0.2, -0.15) is 0 Å². The van der Waals surface area contributed by atoms with Gasteiger partial charge in [0.25, 0.3) is 0 Å². The zero-order chi connectivity index (χ0) is 13.9. The highest BCUT2D eigenvalue weighted by Gasteiger charge is 2.19. The van der Waals surface area contributed by atoms with Crippen molar-refractivity contribution in [2.24, 2.45) is 5.92 Å². The van der Waals surface area contributed by atoms with Crippen molar-refractivity contribution in [1.29, 1.82) is 0 Å². The summed E-state index contributed by atoms with van der Waals surface area (Å²) in [5, 5.41) is 3.78. The van der Waals surface area contributed by atoms with Gasteiger partial charge in [-0.3, -0.25) is 0 Å². The molecule has 4 nitrogen and oxygen atoms in total. The minimum absolute atomic E-state index is 0.0335. The van der Waals surface area contributed by atoms with Crippen LogP contribution in [0.5, 0.6) is 0 Å². The summed E-state index contributed by atoms with van der Waals surface area (Å²) in [6.45, 7) is 2.38. The predicted molar refractivity (Wildman–Crippen MR) is 77.2 cm³/mol. The molecule has 0 unspecified atom stereocenters. The van der Waals surface area contributed by atoms with E-state index in [1.807, 2.05) is 0 Å². The lowest BCUT2D eigenvalue weighted by atomic mass is 10.1. The molecule has 0 aliphatic carbocycles. The van der Waals surface area contributed by atoms with Gasteiger partial charge in [-0.15, -0.1) is 0 Å². The largest absolute Gasteiger partial charge is 0.316 e. The second-order valence-corrected chi connectivity index (χ2v) is 7.20. The van der Waals surface area contributed by atoms with Crippen LogP contribution in [0.2, 0.25) is 10.0 Å². The highest BCUT2D eigenvalue weighted by Crippen LogP contribution is 2.24. The van der Waals surface area contributed by atoms with Crippen LogP contribution < -0.4 is 10.0 Å². The summed E-state index contributed by atoms with van der Waals surface area (Å²) < 4.78 is 26.8. The van der Waals surface area contributed by atoms with Crippen LogP contribution in [0.4, 0.5) is 0 Å². The van der Waals surface area contributed by atoms with Crippen molar-refractivity contribution in [2.75, 3.05) is 19.6 Å². The molecule has 0 amide bonds. The molecule has 1 aromatic carbocycles. The summed E-state index contributed by atoms with van der Waals surface area (Å²) in [6.07, 6.45) is 1.92. The van der Waals surface area contributed by atoms with Crippen LogP contribution in [-0.2, 0) is 10.0 Å². The molecule has 1 heterocycles. The summed E-state index contributed by atoms with van der Waals surface area (Å²) >= 11 is 11.7. The molecular formula is C12H16Cl2N2O2S. The molecule has 1 aliphatic rings. The summed E-state index contributed by atoms with van der Waals surface area (Å²) in [5.74, 6) is 0.539. The third-order valence-corrected chi connectivity index (χ3v) is 5.37. The van der Waals surface area contributed by atoms with Crippen molar-refractivity contribution in [2.45, 2.75) is 17.7 Å². The maximum absolute atomic E-state index is 12.1. The van der Waals surface area contributed by atoms with Crippen molar-refractivity contribution in [3.05, 3.63) is 28.2 Å². The molecular weight excluding hydrogens is 307 g/mol. The first-order chi connectivity index (χ1) is 8.99. The molecule has 1 atom stereocenters. The first kappa shape index (κ1) is 15.1. The van der Waals surface area contributed by atoms with Crippen molar-refractivity contribution in [1.82, 2.24) is 10.0 Å². The third kappa shape index (κ3) is 4.07. The molecule has 0 aromatic heterocycles. The molecule has 0 bridgehead atoms. The molecule has 0 radical (unpaired) electrons. The fourth-order valence-electron chi connectivity index (χ4n) is 2.12. The molecule has 7 heteroatoms. The summed E-state index contributed by atoms with van der Waals surface area (Å²) in [4.78, 5) is 0.0335. The van der Waals surface area contributed by atoms with Crippen LogP contribution in [-0.4, -0.2) is 28.1 Å². The van der Waals surface area contributed by atoms with E-state index >= 15 is 0 Å². The predicted octanol–water partition coefficient (Wildman–Crippen LogP) is 2.27. The number of nitrogens with one attached hydrogen (secondary N) is 2. The van der Waals surface area contributed by atoms with E-state index in [1.165, 1.54) is 12.1 Å². The van der Waals surface area contributed by atoms with Gasteiger partial charge < -0.3 is 5.32 Å². The molecule has 1 fully saturated rings. The Labute approximate surface area is 123 Å². The van der Waals surface area contributed by atoms with E-state index in [1.54, 1.807) is 6.07 Å². The van der Waals surface area contributed by atoms with Gasteiger partial charge in [0.2, 0.25) is 10.0 Å². The van der Waals surface area contributed by atoms with Crippen molar-refractivity contribution < 1.29 is 8.42 Å². The normalized spacial score (nSPS) is 19.8. The van der Waals surface area contributed by atoms with Gasteiger partial charge >= 0.3 is 0 Å². The fraction of sp³-hybridized carbons (Fsp3) is 0.500. The van der Waals surface area contributed by atoms with Gasteiger partial charge in [0.05, 0.1) is 5.02 Å². The number of hydrogen-bond donors (Lipinski definition) is 2. The number of sulfonamides is 1. The number of rotatable bonds is 5. The van der Waals surface area contributed by atoms with Crippen molar-refractivity contribution >= 4 is 33.2 Å². The molecule has 0 saturated carbocycles. The van der Waals surface area contributed by atoms with Crippen LogP contribution in [0.15, 0.2) is 23.1 Å². The maximum Gasteiger partial charge on any atom is 0.242 e. The zero-order valence-corrected chi connectivity index (χ0v) is 12.7. The van der Waals surface area contributed by atoms with E-state index < -0.39 is 10.0 Å². The van der Waals surface area contributed by atoms with E-state index in [0.717, 1.165) is 25.9 Å². The number of benzene rings is 1. The fourth-order valence-corrected chi connectivity index (χ4v) is 3.93. The first-order valence-corrected chi connectivity index (χ1v) is 8.38. The standard InChI is InChI=1S/C12H16Cl2N2O2S/c13-10-1-2-11(14)12(7-10)19(17,18)16-6-4-9-3-5-15-8-9/h1-2,7,9,15-16H,3-6,8H2/t9-/m1/s1. The Morgan fingerprint density at radius 2 is 2.16 bits per heavy atom. The van der Waals surface area contributed by atoms with E-state index in [-0.39, 0.29) is 9.92 Å².